The fraction of sp³-hybridized carbons (Fsp3) is 0.714. The van der Waals surface area contributed by atoms with Gasteiger partial charge < -0.3 is 10.2 Å². The summed E-state index contributed by atoms with van der Waals surface area (Å²) < 4.78 is 0. The molecule has 1 rings (SSSR count). The summed E-state index contributed by atoms with van der Waals surface area (Å²) in [6.45, 7) is 10.5. The Kier molecular flexibility index (Phi) is 8.28. The van der Waals surface area contributed by atoms with Crippen molar-refractivity contribution >= 4 is 0 Å². The van der Waals surface area contributed by atoms with Gasteiger partial charge >= 0.3 is 0 Å². The molecule has 0 aliphatic heterocycles. The molecule has 0 aromatic carbocycles. The summed E-state index contributed by atoms with van der Waals surface area (Å²) in [5.74, 6) is 1.02. The van der Waals surface area contributed by atoms with Crippen LogP contribution in [0.5, 0.6) is 0 Å². The van der Waals surface area contributed by atoms with Crippen LogP contribution in [0.2, 0.25) is 0 Å². The second kappa shape index (κ2) is 9.44. The van der Waals surface area contributed by atoms with Crippen LogP contribution in [0.3, 0.4) is 0 Å². The van der Waals surface area contributed by atoms with E-state index in [2.05, 4.69) is 39.8 Å². The normalized spacial score (nSPS) is 37.9. The van der Waals surface area contributed by atoms with Gasteiger partial charge in [0.15, 0.2) is 0 Å². The Balaban J connectivity index is 2.94. The van der Waals surface area contributed by atoms with Gasteiger partial charge in [-0.05, 0) is 64.7 Å². The van der Waals surface area contributed by atoms with Crippen LogP contribution >= 0.6 is 0 Å². The quantitative estimate of drug-likeness (QED) is 0.654. The van der Waals surface area contributed by atoms with E-state index in [1.54, 1.807) is 6.92 Å². The van der Waals surface area contributed by atoms with E-state index < -0.39 is 11.7 Å². The Morgan fingerprint density at radius 2 is 1.87 bits per heavy atom. The zero-order valence-corrected chi connectivity index (χ0v) is 15.7. The van der Waals surface area contributed by atoms with Crippen LogP contribution in [0.4, 0.5) is 0 Å². The average molecular weight is 321 g/mol. The van der Waals surface area contributed by atoms with E-state index in [0.29, 0.717) is 18.3 Å². The van der Waals surface area contributed by atoms with Gasteiger partial charge in [-0.25, -0.2) is 0 Å². The SMILES string of the molecule is C/C1=C\[C@H](O)C[C@@](C)(O)/C=C/[C@H](C(C)C)CC/C(C)=C/CCC1. The van der Waals surface area contributed by atoms with Crippen molar-refractivity contribution in [3.63, 3.8) is 0 Å². The van der Waals surface area contributed by atoms with Crippen molar-refractivity contribution in [3.05, 3.63) is 35.5 Å². The highest BCUT2D eigenvalue weighted by Gasteiger charge is 2.21. The number of aliphatic hydroxyl groups excluding tert-OH is 1. The van der Waals surface area contributed by atoms with Crippen molar-refractivity contribution < 1.29 is 10.2 Å². The van der Waals surface area contributed by atoms with Crippen LogP contribution < -0.4 is 0 Å². The first-order valence-corrected chi connectivity index (χ1v) is 9.12. The van der Waals surface area contributed by atoms with Crippen molar-refractivity contribution in [2.24, 2.45) is 11.8 Å². The first kappa shape index (κ1) is 20.2. The molecule has 1 aliphatic carbocycles. The van der Waals surface area contributed by atoms with Crippen molar-refractivity contribution in [2.75, 3.05) is 0 Å². The molecule has 2 heteroatoms. The van der Waals surface area contributed by atoms with Crippen molar-refractivity contribution in [2.45, 2.75) is 84.8 Å². The number of rotatable bonds is 1. The van der Waals surface area contributed by atoms with Crippen LogP contribution in [-0.4, -0.2) is 21.9 Å². The Morgan fingerprint density at radius 3 is 2.52 bits per heavy atom. The fourth-order valence-electron chi connectivity index (χ4n) is 3.17. The average Bonchev–Trinajstić information content (AvgIpc) is 2.41. The van der Waals surface area contributed by atoms with E-state index in [0.717, 1.165) is 32.1 Å². The minimum absolute atomic E-state index is 0.350. The molecule has 0 bridgehead atoms. The molecule has 0 amide bonds. The lowest BCUT2D eigenvalue weighted by Gasteiger charge is -2.24. The maximum atomic E-state index is 10.6. The Hall–Kier alpha value is -0.860. The van der Waals surface area contributed by atoms with Gasteiger partial charge in [-0.3, -0.25) is 0 Å². The molecular formula is C21H36O2. The maximum absolute atomic E-state index is 10.6. The maximum Gasteiger partial charge on any atom is 0.0827 e. The molecule has 0 radical (unpaired) electrons. The molecule has 0 aromatic heterocycles. The topological polar surface area (TPSA) is 40.5 Å². The van der Waals surface area contributed by atoms with Gasteiger partial charge in [-0.15, -0.1) is 0 Å². The number of aliphatic hydroxyl groups is 2. The summed E-state index contributed by atoms with van der Waals surface area (Å²) in [7, 11) is 0. The second-order valence-corrected chi connectivity index (χ2v) is 7.89. The minimum atomic E-state index is -0.964. The molecule has 23 heavy (non-hydrogen) atoms. The molecule has 0 aromatic rings. The molecule has 1 aliphatic rings. The largest absolute Gasteiger partial charge is 0.389 e. The molecule has 132 valence electrons. The standard InChI is InChI=1S/C21H36O2/c1-16(2)19-11-10-17(3)8-6-7-9-18(4)14-20(22)15-21(5,23)13-12-19/h8,12-14,16,19-20,22-23H,6-7,9-11,15H2,1-5H3/b13-12+,17-8+,18-14+/t19-,20+,21+/m1/s1. The van der Waals surface area contributed by atoms with Gasteiger partial charge in [0.1, 0.15) is 0 Å². The predicted molar refractivity (Wildman–Crippen MR) is 99.3 cm³/mol. The zero-order chi connectivity index (χ0) is 17.5. The van der Waals surface area contributed by atoms with Crippen LogP contribution in [0.15, 0.2) is 35.5 Å². The van der Waals surface area contributed by atoms with Gasteiger partial charge in [-0.1, -0.05) is 49.3 Å². The molecule has 2 nitrogen and oxygen atoms in total. The molecule has 0 unspecified atom stereocenters. The molecule has 0 spiro atoms. The smallest absolute Gasteiger partial charge is 0.0827 e. The zero-order valence-electron chi connectivity index (χ0n) is 15.7. The Morgan fingerprint density at radius 1 is 1.17 bits per heavy atom. The van der Waals surface area contributed by atoms with E-state index in [1.165, 1.54) is 11.1 Å². The number of allylic oxidation sites excluding steroid dienone is 4. The third-order valence-electron chi connectivity index (χ3n) is 4.80. The van der Waals surface area contributed by atoms with Gasteiger partial charge in [0, 0.05) is 6.42 Å². The molecule has 0 heterocycles. The number of hydrogen-bond donors (Lipinski definition) is 2. The first-order valence-electron chi connectivity index (χ1n) is 9.12. The molecule has 3 atom stereocenters. The van der Waals surface area contributed by atoms with E-state index in [-0.39, 0.29) is 0 Å². The fourth-order valence-corrected chi connectivity index (χ4v) is 3.17. The molecule has 0 saturated heterocycles. The Labute approximate surface area is 143 Å². The van der Waals surface area contributed by atoms with E-state index >= 15 is 0 Å². The summed E-state index contributed by atoms with van der Waals surface area (Å²) in [6.07, 6.45) is 13.5. The Bertz CT molecular complexity index is 441. The molecule has 0 fully saturated rings. The third kappa shape index (κ3) is 8.53. The molecular weight excluding hydrogens is 284 g/mol. The van der Waals surface area contributed by atoms with E-state index in [1.807, 2.05) is 12.2 Å². The first-order chi connectivity index (χ1) is 10.7. The minimum Gasteiger partial charge on any atom is -0.389 e. The van der Waals surface area contributed by atoms with Crippen LogP contribution in [0.1, 0.15) is 73.1 Å². The molecule has 0 saturated carbocycles. The number of hydrogen-bond acceptors (Lipinski definition) is 2. The van der Waals surface area contributed by atoms with E-state index in [9.17, 15) is 10.2 Å². The van der Waals surface area contributed by atoms with Gasteiger partial charge in [-0.2, -0.15) is 0 Å². The highest BCUT2D eigenvalue weighted by Crippen LogP contribution is 2.25. The monoisotopic (exact) mass is 320 g/mol. The summed E-state index contributed by atoms with van der Waals surface area (Å²) in [5, 5.41) is 20.8. The summed E-state index contributed by atoms with van der Waals surface area (Å²) >= 11 is 0. The second-order valence-electron chi connectivity index (χ2n) is 7.89. The summed E-state index contributed by atoms with van der Waals surface area (Å²) in [5.41, 5.74) is 1.71. The van der Waals surface area contributed by atoms with Crippen LogP contribution in [0, 0.1) is 11.8 Å². The highest BCUT2D eigenvalue weighted by molar-refractivity contribution is 5.09. The predicted octanol–water partition coefficient (Wildman–Crippen LogP) is 5.17. The lowest BCUT2D eigenvalue weighted by Crippen LogP contribution is -2.27. The van der Waals surface area contributed by atoms with Crippen LogP contribution in [0.25, 0.3) is 0 Å². The van der Waals surface area contributed by atoms with Gasteiger partial charge in [0.2, 0.25) is 0 Å². The van der Waals surface area contributed by atoms with Gasteiger partial charge in [0.05, 0.1) is 11.7 Å². The van der Waals surface area contributed by atoms with E-state index in [4.69, 9.17) is 0 Å². The van der Waals surface area contributed by atoms with Crippen molar-refractivity contribution in [3.8, 4) is 0 Å². The summed E-state index contributed by atoms with van der Waals surface area (Å²) in [6, 6.07) is 0. The highest BCUT2D eigenvalue weighted by atomic mass is 16.3. The van der Waals surface area contributed by atoms with Crippen LogP contribution in [-0.2, 0) is 0 Å². The van der Waals surface area contributed by atoms with Crippen molar-refractivity contribution in [1.82, 2.24) is 0 Å². The molecule has 2 N–H and O–H groups in total. The lowest BCUT2D eigenvalue weighted by molar-refractivity contribution is 0.0565. The lowest BCUT2D eigenvalue weighted by atomic mass is 9.87. The van der Waals surface area contributed by atoms with Gasteiger partial charge in [0.25, 0.3) is 0 Å². The summed E-state index contributed by atoms with van der Waals surface area (Å²) in [4.78, 5) is 0. The third-order valence-corrected chi connectivity index (χ3v) is 4.80. The van der Waals surface area contributed by atoms with Crippen molar-refractivity contribution in [1.29, 1.82) is 0 Å².